The molecule has 1 aliphatic heterocycles. The number of nitrogens with zero attached hydrogens (tertiary/aromatic N) is 1. The van der Waals surface area contributed by atoms with Gasteiger partial charge >= 0.3 is 0 Å². The summed E-state index contributed by atoms with van der Waals surface area (Å²) in [5.74, 6) is 0.0831. The van der Waals surface area contributed by atoms with Crippen molar-refractivity contribution in [2.45, 2.75) is 37.6 Å². The van der Waals surface area contributed by atoms with E-state index in [0.717, 1.165) is 24.2 Å². The highest BCUT2D eigenvalue weighted by molar-refractivity contribution is 7.91. The van der Waals surface area contributed by atoms with Crippen LogP contribution in [0.4, 0.5) is 11.4 Å². The van der Waals surface area contributed by atoms with E-state index in [1.54, 1.807) is 31.2 Å². The summed E-state index contributed by atoms with van der Waals surface area (Å²) in [4.78, 5) is 14.9. The van der Waals surface area contributed by atoms with E-state index in [2.05, 4.69) is 18.3 Å². The smallest absolute Gasteiger partial charge is 0.246 e. The van der Waals surface area contributed by atoms with Crippen molar-refractivity contribution in [1.82, 2.24) is 0 Å². The van der Waals surface area contributed by atoms with Crippen LogP contribution < -0.4 is 10.2 Å². The van der Waals surface area contributed by atoms with Crippen LogP contribution in [0.2, 0.25) is 0 Å². The molecule has 5 nitrogen and oxygen atoms in total. The number of nitrogens with one attached hydrogen (secondary N) is 1. The minimum absolute atomic E-state index is 0.00917. The lowest BCUT2D eigenvalue weighted by Gasteiger charge is -2.35. The predicted octanol–water partition coefficient (Wildman–Crippen LogP) is 3.26. The van der Waals surface area contributed by atoms with Gasteiger partial charge in [-0.15, -0.1) is 0 Å². The zero-order valence-electron chi connectivity index (χ0n) is 15.1. The quantitative estimate of drug-likeness (QED) is 0.875. The predicted molar refractivity (Wildman–Crippen MR) is 104 cm³/mol. The Kier molecular flexibility index (Phi) is 5.32. The third kappa shape index (κ3) is 3.75. The molecule has 1 aliphatic rings. The molecule has 3 rings (SSSR count). The Hall–Kier alpha value is -2.34. The molecule has 0 saturated heterocycles. The topological polar surface area (TPSA) is 66.5 Å². The number of carbonyl (C=O) groups excluding carboxylic acids is 1. The van der Waals surface area contributed by atoms with E-state index >= 15 is 0 Å². The molecule has 0 fully saturated rings. The van der Waals surface area contributed by atoms with Gasteiger partial charge in [-0.1, -0.05) is 25.1 Å². The van der Waals surface area contributed by atoms with Crippen LogP contribution in [0.25, 0.3) is 0 Å². The Bertz CT molecular complexity index is 892. The molecule has 6 heteroatoms. The zero-order chi connectivity index (χ0) is 18.7. The van der Waals surface area contributed by atoms with Crippen LogP contribution in [-0.4, -0.2) is 32.7 Å². The summed E-state index contributed by atoms with van der Waals surface area (Å²) in [5.41, 5.74) is 2.92. The van der Waals surface area contributed by atoms with Crippen molar-refractivity contribution in [3.8, 4) is 0 Å². The third-order valence-corrected chi connectivity index (χ3v) is 6.58. The molecule has 1 heterocycles. The van der Waals surface area contributed by atoms with E-state index in [0.29, 0.717) is 4.90 Å². The van der Waals surface area contributed by atoms with Gasteiger partial charge in [0, 0.05) is 17.4 Å². The SMILES string of the molecule is CCS(=O)(=O)c1ccc(NCC(=O)N2c3ccccc3CC[C@H]2C)cc1. The van der Waals surface area contributed by atoms with E-state index in [-0.39, 0.29) is 24.2 Å². The van der Waals surface area contributed by atoms with Crippen LogP contribution in [0.15, 0.2) is 53.4 Å². The second-order valence-electron chi connectivity index (χ2n) is 6.56. The molecule has 0 aliphatic carbocycles. The number of carbonyl (C=O) groups is 1. The van der Waals surface area contributed by atoms with Crippen molar-refractivity contribution < 1.29 is 13.2 Å². The Morgan fingerprint density at radius 2 is 1.85 bits per heavy atom. The lowest BCUT2D eigenvalue weighted by molar-refractivity contribution is -0.117. The monoisotopic (exact) mass is 372 g/mol. The van der Waals surface area contributed by atoms with Gasteiger partial charge < -0.3 is 10.2 Å². The number of hydrogen-bond acceptors (Lipinski definition) is 4. The fourth-order valence-electron chi connectivity index (χ4n) is 3.28. The third-order valence-electron chi connectivity index (χ3n) is 4.83. The Morgan fingerprint density at radius 3 is 2.54 bits per heavy atom. The second-order valence-corrected chi connectivity index (χ2v) is 8.84. The average molecular weight is 372 g/mol. The Balaban J connectivity index is 1.70. The van der Waals surface area contributed by atoms with E-state index in [4.69, 9.17) is 0 Å². The number of fused-ring (bicyclic) bond motifs is 1. The standard InChI is InChI=1S/C20H24N2O3S/c1-3-26(24,25)18-12-10-17(11-13-18)21-14-20(23)22-15(2)8-9-16-6-4-5-7-19(16)22/h4-7,10-13,15,21H,3,8-9,14H2,1-2H3/t15-/m1/s1. The van der Waals surface area contributed by atoms with Gasteiger partial charge in [0.1, 0.15) is 0 Å². The average Bonchev–Trinajstić information content (AvgIpc) is 2.66. The molecule has 2 aromatic rings. The number of rotatable bonds is 5. The van der Waals surface area contributed by atoms with E-state index < -0.39 is 9.84 Å². The summed E-state index contributed by atoms with van der Waals surface area (Å²) < 4.78 is 23.7. The van der Waals surface area contributed by atoms with Crippen molar-refractivity contribution >= 4 is 27.1 Å². The fourth-order valence-corrected chi connectivity index (χ4v) is 4.16. The molecular formula is C20H24N2O3S. The first-order chi connectivity index (χ1) is 12.4. The Labute approximate surface area is 154 Å². The highest BCUT2D eigenvalue weighted by Gasteiger charge is 2.27. The van der Waals surface area contributed by atoms with Gasteiger partial charge in [0.05, 0.1) is 17.2 Å². The summed E-state index contributed by atoms with van der Waals surface area (Å²) in [7, 11) is -3.21. The van der Waals surface area contributed by atoms with Crippen LogP contribution in [0.1, 0.15) is 25.8 Å². The molecule has 0 saturated carbocycles. The number of anilines is 2. The maximum atomic E-state index is 12.8. The van der Waals surface area contributed by atoms with Crippen LogP contribution in [0.5, 0.6) is 0 Å². The first-order valence-corrected chi connectivity index (χ1v) is 10.5. The Morgan fingerprint density at radius 1 is 1.15 bits per heavy atom. The van der Waals surface area contributed by atoms with Crippen molar-refractivity contribution in [2.75, 3.05) is 22.5 Å². The van der Waals surface area contributed by atoms with Crippen molar-refractivity contribution in [1.29, 1.82) is 0 Å². The molecule has 1 atom stereocenters. The second kappa shape index (κ2) is 7.50. The number of amides is 1. The molecule has 0 unspecified atom stereocenters. The highest BCUT2D eigenvalue weighted by atomic mass is 32.2. The maximum Gasteiger partial charge on any atom is 0.246 e. The largest absolute Gasteiger partial charge is 0.376 e. The number of hydrogen-bond donors (Lipinski definition) is 1. The van der Waals surface area contributed by atoms with Crippen LogP contribution in [-0.2, 0) is 21.1 Å². The van der Waals surface area contributed by atoms with Gasteiger partial charge in [0.15, 0.2) is 9.84 Å². The normalized spacial score (nSPS) is 16.8. The summed E-state index contributed by atoms with van der Waals surface area (Å²) in [6.45, 7) is 3.86. The fraction of sp³-hybridized carbons (Fsp3) is 0.350. The van der Waals surface area contributed by atoms with Crippen LogP contribution in [0.3, 0.4) is 0 Å². The molecular weight excluding hydrogens is 348 g/mol. The molecule has 26 heavy (non-hydrogen) atoms. The lowest BCUT2D eigenvalue weighted by Crippen LogP contribution is -2.44. The molecule has 1 N–H and O–H groups in total. The molecule has 1 amide bonds. The van der Waals surface area contributed by atoms with E-state index in [1.165, 1.54) is 5.56 Å². The molecule has 2 aromatic carbocycles. The number of benzene rings is 2. The number of sulfone groups is 1. The van der Waals surface area contributed by atoms with Gasteiger partial charge in [-0.25, -0.2) is 8.42 Å². The minimum Gasteiger partial charge on any atom is -0.376 e. The minimum atomic E-state index is -3.21. The van der Waals surface area contributed by atoms with Crippen molar-refractivity contribution in [3.63, 3.8) is 0 Å². The summed E-state index contributed by atoms with van der Waals surface area (Å²) in [6, 6.07) is 14.7. The first-order valence-electron chi connectivity index (χ1n) is 8.89. The highest BCUT2D eigenvalue weighted by Crippen LogP contribution is 2.30. The van der Waals surface area contributed by atoms with Gasteiger partial charge in [-0.3, -0.25) is 4.79 Å². The van der Waals surface area contributed by atoms with Gasteiger partial charge in [-0.05, 0) is 55.7 Å². The van der Waals surface area contributed by atoms with Gasteiger partial charge in [0.2, 0.25) is 5.91 Å². The molecule has 0 spiro atoms. The van der Waals surface area contributed by atoms with Gasteiger partial charge in [-0.2, -0.15) is 0 Å². The summed E-state index contributed by atoms with van der Waals surface area (Å²) in [6.07, 6.45) is 1.94. The van der Waals surface area contributed by atoms with Crippen LogP contribution in [0, 0.1) is 0 Å². The molecule has 0 aromatic heterocycles. The summed E-state index contributed by atoms with van der Waals surface area (Å²) >= 11 is 0. The van der Waals surface area contributed by atoms with Crippen molar-refractivity contribution in [2.24, 2.45) is 0 Å². The molecule has 0 radical (unpaired) electrons. The lowest BCUT2D eigenvalue weighted by atomic mass is 9.96. The van der Waals surface area contributed by atoms with Crippen LogP contribution >= 0.6 is 0 Å². The number of aryl methyl sites for hydroxylation is 1. The molecule has 0 bridgehead atoms. The first kappa shape index (κ1) is 18.5. The van der Waals surface area contributed by atoms with Crippen molar-refractivity contribution in [3.05, 3.63) is 54.1 Å². The van der Waals surface area contributed by atoms with E-state index in [1.807, 2.05) is 23.1 Å². The van der Waals surface area contributed by atoms with E-state index in [9.17, 15) is 13.2 Å². The maximum absolute atomic E-state index is 12.8. The zero-order valence-corrected chi connectivity index (χ0v) is 15.9. The summed E-state index contributed by atoms with van der Waals surface area (Å²) in [5, 5.41) is 3.10. The number of para-hydroxylation sites is 1. The van der Waals surface area contributed by atoms with Gasteiger partial charge in [0.25, 0.3) is 0 Å². The molecule has 138 valence electrons.